The standard InChI is InChI=1S/C22H30N2OS.C2H6.CH4S/c1-3-5-10-22(4-2)15-26-20-7-6-17(23)14-18(20)19(21(22)25)13-16-8-11-24-12-9-16;2*1-2/h6-9,11-12,14,19,21,25H,3-5,10,13,15,23H2,1-2H3;1-2H3;2H,1H3/t19-,21-,22?;;/m1../s1. The van der Waals surface area contributed by atoms with E-state index in [4.69, 9.17) is 5.73 Å². The Morgan fingerprint density at radius 2 is 1.83 bits per heavy atom. The third kappa shape index (κ3) is 6.66. The summed E-state index contributed by atoms with van der Waals surface area (Å²) in [5.74, 6) is 1.02. The minimum absolute atomic E-state index is 0.0494. The highest BCUT2D eigenvalue weighted by atomic mass is 32.2. The van der Waals surface area contributed by atoms with Gasteiger partial charge in [-0.1, -0.05) is 40.5 Å². The van der Waals surface area contributed by atoms with Crippen LogP contribution in [-0.4, -0.2) is 28.2 Å². The van der Waals surface area contributed by atoms with E-state index in [9.17, 15) is 5.11 Å². The van der Waals surface area contributed by atoms with E-state index in [1.54, 1.807) is 6.26 Å². The summed E-state index contributed by atoms with van der Waals surface area (Å²) in [6.07, 6.45) is 10.2. The number of hydrogen-bond acceptors (Lipinski definition) is 5. The van der Waals surface area contributed by atoms with Gasteiger partial charge in [-0.3, -0.25) is 4.98 Å². The molecule has 0 aliphatic carbocycles. The van der Waals surface area contributed by atoms with E-state index in [0.29, 0.717) is 0 Å². The molecule has 0 bridgehead atoms. The first-order chi connectivity index (χ1) is 14.6. The van der Waals surface area contributed by atoms with Crippen LogP contribution >= 0.6 is 24.4 Å². The number of nitrogens with two attached hydrogens (primary N) is 1. The fourth-order valence-corrected chi connectivity index (χ4v) is 5.63. The molecule has 0 fully saturated rings. The minimum Gasteiger partial charge on any atom is -0.399 e. The highest BCUT2D eigenvalue weighted by Gasteiger charge is 2.43. The van der Waals surface area contributed by atoms with E-state index >= 15 is 0 Å². The molecule has 3 atom stereocenters. The lowest BCUT2D eigenvalue weighted by molar-refractivity contribution is 0.00910. The maximum atomic E-state index is 11.6. The maximum Gasteiger partial charge on any atom is 0.0676 e. The first-order valence-electron chi connectivity index (χ1n) is 11.1. The van der Waals surface area contributed by atoms with Crippen molar-refractivity contribution in [3.05, 3.63) is 53.9 Å². The fourth-order valence-electron chi connectivity index (χ4n) is 4.12. The van der Waals surface area contributed by atoms with Crippen molar-refractivity contribution < 1.29 is 5.11 Å². The Kier molecular flexibility index (Phi) is 12.5. The van der Waals surface area contributed by atoms with Crippen molar-refractivity contribution in [3.63, 3.8) is 0 Å². The van der Waals surface area contributed by atoms with E-state index < -0.39 is 0 Å². The largest absolute Gasteiger partial charge is 0.399 e. The summed E-state index contributed by atoms with van der Waals surface area (Å²) < 4.78 is 0. The number of thiol groups is 1. The van der Waals surface area contributed by atoms with Crippen LogP contribution in [0.15, 0.2) is 47.6 Å². The van der Waals surface area contributed by atoms with E-state index in [1.807, 2.05) is 44.1 Å². The van der Waals surface area contributed by atoms with Crippen LogP contribution in [0, 0.1) is 5.41 Å². The molecular weight excluding hydrogens is 408 g/mol. The Bertz CT molecular complexity index is 726. The number of thioether (sulfide) groups is 1. The average molecular weight is 449 g/mol. The summed E-state index contributed by atoms with van der Waals surface area (Å²) >= 11 is 5.42. The molecular formula is C25H40N2OS2. The lowest BCUT2D eigenvalue weighted by Crippen LogP contribution is -2.41. The van der Waals surface area contributed by atoms with Gasteiger partial charge in [0.15, 0.2) is 0 Å². The molecule has 0 radical (unpaired) electrons. The second-order valence-electron chi connectivity index (χ2n) is 7.52. The topological polar surface area (TPSA) is 59.1 Å². The number of aliphatic hydroxyl groups is 1. The van der Waals surface area contributed by atoms with Crippen LogP contribution in [0.2, 0.25) is 0 Å². The Hall–Kier alpha value is -1.17. The summed E-state index contributed by atoms with van der Waals surface area (Å²) in [4.78, 5) is 5.40. The van der Waals surface area contributed by atoms with E-state index in [1.165, 1.54) is 16.0 Å². The molecule has 1 aromatic carbocycles. The maximum absolute atomic E-state index is 11.6. The molecule has 2 heterocycles. The first kappa shape index (κ1) is 26.9. The molecule has 0 amide bonds. The number of nitrogen functional groups attached to an aromatic ring is 1. The molecule has 0 saturated heterocycles. The van der Waals surface area contributed by atoms with Crippen molar-refractivity contribution in [3.8, 4) is 0 Å². The van der Waals surface area contributed by atoms with Gasteiger partial charge in [0, 0.05) is 40.1 Å². The Balaban J connectivity index is 0.00000106. The second kappa shape index (κ2) is 14.0. The van der Waals surface area contributed by atoms with Crippen LogP contribution < -0.4 is 5.73 Å². The van der Waals surface area contributed by atoms with Crippen molar-refractivity contribution in [2.75, 3.05) is 17.7 Å². The van der Waals surface area contributed by atoms with Gasteiger partial charge in [0.05, 0.1) is 6.10 Å². The predicted molar refractivity (Wildman–Crippen MR) is 137 cm³/mol. The van der Waals surface area contributed by atoms with Gasteiger partial charge < -0.3 is 10.8 Å². The van der Waals surface area contributed by atoms with Gasteiger partial charge in [0.1, 0.15) is 0 Å². The molecule has 1 unspecified atom stereocenters. The van der Waals surface area contributed by atoms with Gasteiger partial charge in [0.25, 0.3) is 0 Å². The number of nitrogens with zero attached hydrogens (tertiary/aromatic N) is 1. The molecule has 1 aromatic heterocycles. The molecule has 3 rings (SSSR count). The summed E-state index contributed by atoms with van der Waals surface area (Å²) in [5.41, 5.74) is 9.25. The number of hydrogen-bond donors (Lipinski definition) is 3. The van der Waals surface area contributed by atoms with Crippen molar-refractivity contribution in [2.24, 2.45) is 5.41 Å². The molecule has 168 valence electrons. The molecule has 1 aliphatic rings. The zero-order valence-corrected chi connectivity index (χ0v) is 21.0. The summed E-state index contributed by atoms with van der Waals surface area (Å²) in [7, 11) is 0. The third-order valence-electron chi connectivity index (χ3n) is 5.89. The SMILES string of the molecule is CC.CCCCC1(CC)CSc2ccc(N)cc2[C@@H](Cc2ccncc2)[C@H]1O.CS. The molecule has 30 heavy (non-hydrogen) atoms. The van der Waals surface area contributed by atoms with Crippen LogP contribution in [0.5, 0.6) is 0 Å². The van der Waals surface area contributed by atoms with Gasteiger partial charge in [-0.2, -0.15) is 12.6 Å². The number of anilines is 1. The number of rotatable bonds is 6. The molecule has 0 saturated carbocycles. The highest BCUT2D eigenvalue weighted by molar-refractivity contribution is 7.99. The van der Waals surface area contributed by atoms with Crippen LogP contribution in [0.1, 0.15) is 70.4 Å². The zero-order chi connectivity index (χ0) is 22.6. The van der Waals surface area contributed by atoms with E-state index in [-0.39, 0.29) is 17.4 Å². The number of aromatic nitrogens is 1. The fraction of sp³-hybridized carbons (Fsp3) is 0.560. The number of fused-ring (bicyclic) bond motifs is 1. The van der Waals surface area contributed by atoms with Crippen molar-refractivity contribution in [1.82, 2.24) is 4.98 Å². The van der Waals surface area contributed by atoms with Gasteiger partial charge in [-0.25, -0.2) is 0 Å². The van der Waals surface area contributed by atoms with Gasteiger partial charge in [-0.15, -0.1) is 11.8 Å². The van der Waals surface area contributed by atoms with E-state index in [0.717, 1.165) is 43.5 Å². The summed E-state index contributed by atoms with van der Waals surface area (Å²) in [6, 6.07) is 10.3. The second-order valence-corrected chi connectivity index (χ2v) is 8.53. The van der Waals surface area contributed by atoms with Crippen LogP contribution in [0.25, 0.3) is 0 Å². The summed E-state index contributed by atoms with van der Waals surface area (Å²) in [6.45, 7) is 8.46. The molecule has 3 N–H and O–H groups in total. The number of unbranched alkanes of at least 4 members (excludes halogenated alkanes) is 1. The molecule has 2 aromatic rings. The summed E-state index contributed by atoms with van der Waals surface area (Å²) in [5, 5.41) is 11.6. The lowest BCUT2D eigenvalue weighted by atomic mass is 9.69. The Morgan fingerprint density at radius 3 is 2.43 bits per heavy atom. The first-order valence-corrected chi connectivity index (χ1v) is 13.0. The highest BCUT2D eigenvalue weighted by Crippen LogP contribution is 2.49. The van der Waals surface area contributed by atoms with Gasteiger partial charge >= 0.3 is 0 Å². The minimum atomic E-state index is -0.372. The molecule has 3 nitrogen and oxygen atoms in total. The van der Waals surface area contributed by atoms with Crippen LogP contribution in [-0.2, 0) is 6.42 Å². The van der Waals surface area contributed by atoms with Gasteiger partial charge in [0.2, 0.25) is 0 Å². The normalized spacial score (nSPS) is 22.5. The van der Waals surface area contributed by atoms with Crippen molar-refractivity contribution in [2.45, 2.75) is 76.7 Å². The molecule has 1 aliphatic heterocycles. The Labute approximate surface area is 193 Å². The van der Waals surface area contributed by atoms with Gasteiger partial charge in [-0.05, 0) is 67.0 Å². The average Bonchev–Trinajstić information content (AvgIpc) is 2.91. The van der Waals surface area contributed by atoms with Crippen molar-refractivity contribution in [1.29, 1.82) is 0 Å². The lowest BCUT2D eigenvalue weighted by Gasteiger charge is -2.39. The quantitative estimate of drug-likeness (QED) is 0.343. The smallest absolute Gasteiger partial charge is 0.0676 e. The van der Waals surface area contributed by atoms with Crippen LogP contribution in [0.4, 0.5) is 5.69 Å². The van der Waals surface area contributed by atoms with Crippen LogP contribution in [0.3, 0.4) is 0 Å². The molecule has 0 spiro atoms. The zero-order valence-electron chi connectivity index (χ0n) is 19.3. The Morgan fingerprint density at radius 1 is 1.17 bits per heavy atom. The number of benzene rings is 1. The third-order valence-corrected chi connectivity index (χ3v) is 7.30. The number of pyridine rings is 1. The predicted octanol–water partition coefficient (Wildman–Crippen LogP) is 6.62. The number of aliphatic hydroxyl groups excluding tert-OH is 1. The van der Waals surface area contributed by atoms with Crippen molar-refractivity contribution >= 4 is 30.1 Å². The van der Waals surface area contributed by atoms with E-state index in [2.05, 4.69) is 55.7 Å². The molecule has 5 heteroatoms. The monoisotopic (exact) mass is 448 g/mol.